The minimum atomic E-state index is 0.236. The Labute approximate surface area is 125 Å². The molecule has 0 saturated carbocycles. The summed E-state index contributed by atoms with van der Waals surface area (Å²) < 4.78 is 5.29. The van der Waals surface area contributed by atoms with E-state index in [1.807, 2.05) is 7.05 Å². The summed E-state index contributed by atoms with van der Waals surface area (Å²) in [6.45, 7) is 4.44. The molecule has 0 aliphatic heterocycles. The number of hydrogen-bond acceptors (Lipinski definition) is 3. The first-order chi connectivity index (χ1) is 9.73. The number of methoxy groups -OCH3 is 1. The van der Waals surface area contributed by atoms with E-state index in [0.717, 1.165) is 18.6 Å². The van der Waals surface area contributed by atoms with Crippen LogP contribution >= 0.6 is 11.3 Å². The Hall–Kier alpha value is -1.32. The highest BCUT2D eigenvalue weighted by Gasteiger charge is 2.15. The zero-order valence-electron chi connectivity index (χ0n) is 12.7. The Bertz CT molecular complexity index is 562. The highest BCUT2D eigenvalue weighted by Crippen LogP contribution is 2.31. The lowest BCUT2D eigenvalue weighted by molar-refractivity contribution is 0.416. The molecule has 2 nitrogen and oxygen atoms in total. The summed E-state index contributed by atoms with van der Waals surface area (Å²) in [5.74, 6) is 0.936. The van der Waals surface area contributed by atoms with E-state index in [2.05, 4.69) is 48.8 Å². The van der Waals surface area contributed by atoms with E-state index in [4.69, 9.17) is 4.74 Å². The number of hydrogen-bond donors (Lipinski definition) is 1. The summed E-state index contributed by atoms with van der Waals surface area (Å²) in [6, 6.07) is 9.20. The molecule has 1 unspecified atom stereocenters. The van der Waals surface area contributed by atoms with Crippen molar-refractivity contribution in [2.45, 2.75) is 32.7 Å². The van der Waals surface area contributed by atoms with Crippen LogP contribution in [0.25, 0.3) is 0 Å². The fourth-order valence-corrected chi connectivity index (χ4v) is 3.56. The van der Waals surface area contributed by atoms with E-state index in [0.29, 0.717) is 0 Å². The first-order valence-electron chi connectivity index (χ1n) is 7.14. The van der Waals surface area contributed by atoms with Crippen molar-refractivity contribution in [2.75, 3.05) is 14.2 Å². The van der Waals surface area contributed by atoms with Gasteiger partial charge in [-0.2, -0.15) is 0 Å². The van der Waals surface area contributed by atoms with Crippen LogP contribution in [0.2, 0.25) is 0 Å². The average Bonchev–Trinajstić information content (AvgIpc) is 2.96. The molecule has 3 heteroatoms. The van der Waals surface area contributed by atoms with Crippen molar-refractivity contribution in [1.29, 1.82) is 0 Å². The number of thiophene rings is 1. The van der Waals surface area contributed by atoms with Crippen LogP contribution in [-0.4, -0.2) is 14.2 Å². The van der Waals surface area contributed by atoms with Gasteiger partial charge in [-0.05, 0) is 42.6 Å². The maximum atomic E-state index is 5.29. The van der Waals surface area contributed by atoms with Gasteiger partial charge in [0.1, 0.15) is 5.75 Å². The predicted octanol–water partition coefficient (Wildman–Crippen LogP) is 4.19. The maximum absolute atomic E-state index is 5.29. The molecule has 1 heterocycles. The maximum Gasteiger partial charge on any atom is 0.129 e. The summed E-state index contributed by atoms with van der Waals surface area (Å²) in [4.78, 5) is 1.29. The Morgan fingerprint density at radius 1 is 1.15 bits per heavy atom. The molecule has 0 aliphatic rings. The molecule has 0 spiro atoms. The quantitative estimate of drug-likeness (QED) is 0.861. The second-order valence-electron chi connectivity index (χ2n) is 4.85. The van der Waals surface area contributed by atoms with E-state index >= 15 is 0 Å². The van der Waals surface area contributed by atoms with E-state index in [1.165, 1.54) is 21.6 Å². The summed E-state index contributed by atoms with van der Waals surface area (Å²) in [7, 11) is 3.72. The van der Waals surface area contributed by atoms with E-state index in [9.17, 15) is 0 Å². The van der Waals surface area contributed by atoms with Gasteiger partial charge < -0.3 is 10.1 Å². The van der Waals surface area contributed by atoms with Crippen molar-refractivity contribution in [3.8, 4) is 5.75 Å². The highest BCUT2D eigenvalue weighted by molar-refractivity contribution is 7.10. The van der Waals surface area contributed by atoms with Crippen LogP contribution in [-0.2, 0) is 12.8 Å². The highest BCUT2D eigenvalue weighted by atomic mass is 32.1. The fourth-order valence-electron chi connectivity index (χ4n) is 2.57. The third-order valence-electron chi connectivity index (χ3n) is 3.73. The molecule has 1 aromatic carbocycles. The molecule has 0 radical (unpaired) electrons. The van der Waals surface area contributed by atoms with Gasteiger partial charge in [-0.3, -0.25) is 0 Å². The topological polar surface area (TPSA) is 21.3 Å². The van der Waals surface area contributed by atoms with E-state index < -0.39 is 0 Å². The average molecular weight is 289 g/mol. The lowest BCUT2D eigenvalue weighted by Crippen LogP contribution is -2.16. The predicted molar refractivity (Wildman–Crippen MR) is 87.0 cm³/mol. The third-order valence-corrected chi connectivity index (χ3v) is 4.71. The van der Waals surface area contributed by atoms with Crippen molar-refractivity contribution in [3.63, 3.8) is 0 Å². The molecular formula is C17H23NOS. The summed E-state index contributed by atoms with van der Waals surface area (Å²) in [5.41, 5.74) is 4.23. The zero-order valence-corrected chi connectivity index (χ0v) is 13.5. The Balaban J connectivity index is 2.36. The largest absolute Gasteiger partial charge is 0.496 e. The van der Waals surface area contributed by atoms with Gasteiger partial charge in [-0.25, -0.2) is 0 Å². The Kier molecular flexibility index (Phi) is 5.21. The van der Waals surface area contributed by atoms with Crippen molar-refractivity contribution < 1.29 is 4.74 Å². The minimum absolute atomic E-state index is 0.236. The van der Waals surface area contributed by atoms with Gasteiger partial charge in [0.25, 0.3) is 0 Å². The SMILES string of the molecule is CCc1ccc(C(NC)c2cc(OC)cs2)cc1CC. The van der Waals surface area contributed by atoms with Crippen molar-refractivity contribution in [2.24, 2.45) is 0 Å². The molecule has 108 valence electrons. The molecular weight excluding hydrogens is 266 g/mol. The van der Waals surface area contributed by atoms with Crippen LogP contribution in [0.15, 0.2) is 29.6 Å². The standard InChI is InChI=1S/C17H23NOS/c1-5-12-7-8-14(9-13(12)6-2)17(18-3)16-10-15(19-4)11-20-16/h7-11,17-18H,5-6H2,1-4H3. The molecule has 20 heavy (non-hydrogen) atoms. The van der Waals surface area contributed by atoms with Gasteiger partial charge in [-0.15, -0.1) is 11.3 Å². The number of aryl methyl sites for hydroxylation is 2. The molecule has 1 aromatic heterocycles. The molecule has 0 aliphatic carbocycles. The van der Waals surface area contributed by atoms with Gasteiger partial charge in [0.2, 0.25) is 0 Å². The lowest BCUT2D eigenvalue weighted by atomic mass is 9.96. The number of benzene rings is 1. The normalized spacial score (nSPS) is 12.4. The summed E-state index contributed by atoms with van der Waals surface area (Å²) >= 11 is 1.74. The molecule has 1 N–H and O–H groups in total. The van der Waals surface area contributed by atoms with Gasteiger partial charge >= 0.3 is 0 Å². The van der Waals surface area contributed by atoms with Crippen molar-refractivity contribution >= 4 is 11.3 Å². The number of ether oxygens (including phenoxy) is 1. The zero-order chi connectivity index (χ0) is 14.5. The molecule has 0 bridgehead atoms. The molecule has 1 atom stereocenters. The third kappa shape index (κ3) is 3.05. The van der Waals surface area contributed by atoms with E-state index in [-0.39, 0.29) is 6.04 Å². The molecule has 0 amide bonds. The molecule has 0 fully saturated rings. The van der Waals surface area contributed by atoms with Crippen molar-refractivity contribution in [1.82, 2.24) is 5.32 Å². The van der Waals surface area contributed by atoms with Crippen LogP contribution in [0, 0.1) is 0 Å². The monoisotopic (exact) mass is 289 g/mol. The van der Waals surface area contributed by atoms with E-state index in [1.54, 1.807) is 18.4 Å². The number of nitrogens with one attached hydrogen (secondary N) is 1. The fraction of sp³-hybridized carbons (Fsp3) is 0.412. The van der Waals surface area contributed by atoms with Gasteiger partial charge in [0.15, 0.2) is 0 Å². The first-order valence-corrected chi connectivity index (χ1v) is 8.02. The molecule has 2 aromatic rings. The van der Waals surface area contributed by atoms with Crippen LogP contribution < -0.4 is 10.1 Å². The van der Waals surface area contributed by atoms with Crippen LogP contribution in [0.3, 0.4) is 0 Å². The van der Waals surface area contributed by atoms with Gasteiger partial charge in [0.05, 0.1) is 13.2 Å². The molecule has 0 saturated heterocycles. The number of rotatable bonds is 6. The second kappa shape index (κ2) is 6.91. The van der Waals surface area contributed by atoms with Crippen molar-refractivity contribution in [3.05, 3.63) is 51.2 Å². The first kappa shape index (κ1) is 15.1. The summed E-state index contributed by atoms with van der Waals surface area (Å²) in [6.07, 6.45) is 2.18. The molecule has 2 rings (SSSR count). The Morgan fingerprint density at radius 3 is 2.45 bits per heavy atom. The second-order valence-corrected chi connectivity index (χ2v) is 5.79. The Morgan fingerprint density at radius 2 is 1.90 bits per heavy atom. The smallest absolute Gasteiger partial charge is 0.129 e. The minimum Gasteiger partial charge on any atom is -0.496 e. The summed E-state index contributed by atoms with van der Waals surface area (Å²) in [5, 5.41) is 5.47. The van der Waals surface area contributed by atoms with Gasteiger partial charge in [-0.1, -0.05) is 32.0 Å². The van der Waals surface area contributed by atoms with Gasteiger partial charge in [0, 0.05) is 10.3 Å². The van der Waals surface area contributed by atoms with Crippen LogP contribution in [0.5, 0.6) is 5.75 Å². The van der Waals surface area contributed by atoms with Crippen LogP contribution in [0.4, 0.5) is 0 Å². The lowest BCUT2D eigenvalue weighted by Gasteiger charge is -2.17. The van der Waals surface area contributed by atoms with Crippen LogP contribution in [0.1, 0.15) is 41.5 Å².